The van der Waals surface area contributed by atoms with Crippen LogP contribution < -0.4 is 10.2 Å². The van der Waals surface area contributed by atoms with Crippen LogP contribution in [0.5, 0.6) is 0 Å². The first-order chi connectivity index (χ1) is 19.2. The minimum atomic E-state index is -0.989. The van der Waals surface area contributed by atoms with E-state index in [1.807, 2.05) is 59.6 Å². The molecule has 0 spiro atoms. The van der Waals surface area contributed by atoms with Crippen molar-refractivity contribution < 1.29 is 24.2 Å². The number of hydrogen-bond donors (Lipinski definition) is 2. The Hall–Kier alpha value is -4.34. The van der Waals surface area contributed by atoms with Crippen molar-refractivity contribution in [3.8, 4) is 11.1 Å². The standard InChI is InChI=1S/C30H35N5O5/c1-19-27(32-29(37)40-18-21-7-5-4-6-8-21)25-15-23(24-16-31-34(17-24)14-13-33(3)30(38)39)11-12-26(25)35(20(2)36)28(19)22-9-10-22/h4-8,11-12,15-17,19,22,27-28H,9-10,13-14,18H2,1-3H3,(H,32,37)(H,38,39). The first kappa shape index (κ1) is 27.2. The van der Waals surface area contributed by atoms with Gasteiger partial charge in [0.2, 0.25) is 5.91 Å². The maximum atomic E-state index is 13.0. The summed E-state index contributed by atoms with van der Waals surface area (Å²) in [7, 11) is 1.52. The summed E-state index contributed by atoms with van der Waals surface area (Å²) in [4.78, 5) is 40.1. The molecule has 3 unspecified atom stereocenters. The van der Waals surface area contributed by atoms with Crippen molar-refractivity contribution in [2.75, 3.05) is 18.5 Å². The lowest BCUT2D eigenvalue weighted by molar-refractivity contribution is -0.117. The Morgan fingerprint density at radius 3 is 2.55 bits per heavy atom. The number of nitrogens with one attached hydrogen (secondary N) is 1. The van der Waals surface area contributed by atoms with Crippen molar-refractivity contribution in [2.45, 2.75) is 51.9 Å². The predicted molar refractivity (Wildman–Crippen MR) is 150 cm³/mol. The van der Waals surface area contributed by atoms with Crippen LogP contribution in [0.4, 0.5) is 15.3 Å². The number of nitrogens with zero attached hydrogens (tertiary/aromatic N) is 4. The van der Waals surface area contributed by atoms with Crippen LogP contribution in [0.1, 0.15) is 43.9 Å². The van der Waals surface area contributed by atoms with Crippen molar-refractivity contribution in [1.29, 1.82) is 0 Å². The number of anilines is 1. The zero-order valence-electron chi connectivity index (χ0n) is 23.0. The van der Waals surface area contributed by atoms with E-state index in [9.17, 15) is 14.4 Å². The van der Waals surface area contributed by atoms with Gasteiger partial charge in [0, 0.05) is 49.9 Å². The molecule has 3 atom stereocenters. The lowest BCUT2D eigenvalue weighted by Crippen LogP contribution is -2.53. The van der Waals surface area contributed by atoms with E-state index in [4.69, 9.17) is 9.84 Å². The third kappa shape index (κ3) is 5.80. The summed E-state index contributed by atoms with van der Waals surface area (Å²) < 4.78 is 7.28. The number of benzene rings is 2. The number of hydrogen-bond acceptors (Lipinski definition) is 5. The number of fused-ring (bicyclic) bond motifs is 1. The molecule has 10 heteroatoms. The van der Waals surface area contributed by atoms with Crippen LogP contribution in [-0.2, 0) is 22.7 Å². The maximum Gasteiger partial charge on any atom is 0.407 e. The predicted octanol–water partition coefficient (Wildman–Crippen LogP) is 4.91. The molecule has 1 aliphatic carbocycles. The van der Waals surface area contributed by atoms with Gasteiger partial charge in [-0.15, -0.1) is 0 Å². The maximum absolute atomic E-state index is 13.0. The number of alkyl carbamates (subject to hydrolysis) is 1. The third-order valence-corrected chi connectivity index (χ3v) is 7.87. The molecule has 0 bridgehead atoms. The fourth-order valence-corrected chi connectivity index (χ4v) is 5.62. The Labute approximate surface area is 233 Å². The van der Waals surface area contributed by atoms with Crippen LogP contribution in [-0.4, -0.2) is 57.5 Å². The van der Waals surface area contributed by atoms with Crippen molar-refractivity contribution in [3.63, 3.8) is 0 Å². The number of carboxylic acid groups (broad SMARTS) is 1. The van der Waals surface area contributed by atoms with E-state index in [0.717, 1.165) is 40.8 Å². The van der Waals surface area contributed by atoms with Gasteiger partial charge in [0.1, 0.15) is 6.61 Å². The summed E-state index contributed by atoms with van der Waals surface area (Å²) in [5.41, 5.74) is 4.31. The van der Waals surface area contributed by atoms with E-state index >= 15 is 0 Å². The summed E-state index contributed by atoms with van der Waals surface area (Å²) in [5, 5.41) is 16.6. The number of carbonyl (C=O) groups is 3. The van der Waals surface area contributed by atoms with E-state index in [-0.39, 0.29) is 30.5 Å². The van der Waals surface area contributed by atoms with Crippen molar-refractivity contribution in [2.24, 2.45) is 11.8 Å². The van der Waals surface area contributed by atoms with Crippen LogP contribution in [0.15, 0.2) is 60.9 Å². The highest BCUT2D eigenvalue weighted by molar-refractivity contribution is 5.94. The Balaban J connectivity index is 1.43. The topological polar surface area (TPSA) is 117 Å². The summed E-state index contributed by atoms with van der Waals surface area (Å²) in [5.74, 6) is 0.356. The third-order valence-electron chi connectivity index (χ3n) is 7.87. The molecule has 1 aliphatic heterocycles. The molecule has 1 aromatic heterocycles. The van der Waals surface area contributed by atoms with Gasteiger partial charge in [-0.1, -0.05) is 43.3 Å². The molecule has 2 aliphatic rings. The average Bonchev–Trinajstić information content (AvgIpc) is 3.67. The monoisotopic (exact) mass is 545 g/mol. The normalized spacial score (nSPS) is 20.0. The number of rotatable bonds is 8. The van der Waals surface area contributed by atoms with Crippen molar-refractivity contribution >= 4 is 23.8 Å². The number of likely N-dealkylation sites (N-methyl/N-ethyl adjacent to an activating group) is 1. The lowest BCUT2D eigenvalue weighted by atomic mass is 9.79. The van der Waals surface area contributed by atoms with Crippen molar-refractivity contribution in [3.05, 3.63) is 72.1 Å². The minimum Gasteiger partial charge on any atom is -0.465 e. The highest BCUT2D eigenvalue weighted by Gasteiger charge is 2.48. The fourth-order valence-electron chi connectivity index (χ4n) is 5.62. The van der Waals surface area contributed by atoms with Gasteiger partial charge in [-0.3, -0.25) is 9.48 Å². The van der Waals surface area contributed by atoms with Gasteiger partial charge in [-0.25, -0.2) is 9.59 Å². The van der Waals surface area contributed by atoms with Crippen LogP contribution in [0.2, 0.25) is 0 Å². The molecule has 0 saturated heterocycles. The zero-order chi connectivity index (χ0) is 28.4. The van der Waals surface area contributed by atoms with E-state index < -0.39 is 12.2 Å². The van der Waals surface area contributed by atoms with E-state index in [2.05, 4.69) is 17.3 Å². The molecule has 2 aromatic carbocycles. The average molecular weight is 546 g/mol. The summed E-state index contributed by atoms with van der Waals surface area (Å²) in [6, 6.07) is 15.1. The second-order valence-electron chi connectivity index (χ2n) is 10.7. The first-order valence-corrected chi connectivity index (χ1v) is 13.6. The molecule has 3 amide bonds. The van der Waals surface area contributed by atoms with Crippen LogP contribution in [0.3, 0.4) is 0 Å². The summed E-state index contributed by atoms with van der Waals surface area (Å²) in [6.45, 7) is 4.59. The highest BCUT2D eigenvalue weighted by Crippen LogP contribution is 2.49. The molecule has 0 radical (unpaired) electrons. The molecule has 1 saturated carbocycles. The van der Waals surface area contributed by atoms with Crippen molar-refractivity contribution in [1.82, 2.24) is 20.0 Å². The quantitative estimate of drug-likeness (QED) is 0.416. The van der Waals surface area contributed by atoms with Gasteiger partial charge in [0.15, 0.2) is 0 Å². The molecule has 2 heterocycles. The number of amides is 3. The van der Waals surface area contributed by atoms with Gasteiger partial charge in [0.25, 0.3) is 0 Å². The number of ether oxygens (including phenoxy) is 1. The molecule has 3 aromatic rings. The van der Waals surface area contributed by atoms with Gasteiger partial charge in [-0.05, 0) is 47.6 Å². The molecule has 40 heavy (non-hydrogen) atoms. The Bertz CT molecular complexity index is 1390. The van der Waals surface area contributed by atoms with Gasteiger partial charge in [-0.2, -0.15) is 5.10 Å². The molecule has 5 rings (SSSR count). The Morgan fingerprint density at radius 1 is 1.12 bits per heavy atom. The highest BCUT2D eigenvalue weighted by atomic mass is 16.5. The second-order valence-corrected chi connectivity index (χ2v) is 10.7. The molecule has 2 N–H and O–H groups in total. The van der Waals surface area contributed by atoms with Crippen LogP contribution in [0.25, 0.3) is 11.1 Å². The number of carbonyl (C=O) groups excluding carboxylic acids is 2. The molecular weight excluding hydrogens is 510 g/mol. The zero-order valence-corrected chi connectivity index (χ0v) is 23.0. The molecule has 210 valence electrons. The van der Waals surface area contributed by atoms with E-state index in [1.54, 1.807) is 17.8 Å². The Kier molecular flexibility index (Phi) is 7.77. The largest absolute Gasteiger partial charge is 0.465 e. The number of aromatic nitrogens is 2. The molecular formula is C30H35N5O5. The smallest absolute Gasteiger partial charge is 0.407 e. The van der Waals surface area contributed by atoms with E-state index in [0.29, 0.717) is 19.0 Å². The van der Waals surface area contributed by atoms with Crippen LogP contribution in [0, 0.1) is 11.8 Å². The fraction of sp³-hybridized carbons (Fsp3) is 0.400. The summed E-state index contributed by atoms with van der Waals surface area (Å²) in [6.07, 6.45) is 4.24. The Morgan fingerprint density at radius 2 is 1.88 bits per heavy atom. The van der Waals surface area contributed by atoms with E-state index in [1.165, 1.54) is 11.9 Å². The first-order valence-electron chi connectivity index (χ1n) is 13.6. The SMILES string of the molecule is CC(=O)N1c2ccc(-c3cnn(CCN(C)C(=O)O)c3)cc2C(NC(=O)OCc2ccccc2)C(C)C1C1CC1. The minimum absolute atomic E-state index is 0.00996. The van der Waals surface area contributed by atoms with Gasteiger partial charge < -0.3 is 25.0 Å². The molecule has 10 nitrogen and oxygen atoms in total. The second kappa shape index (κ2) is 11.4. The van der Waals surface area contributed by atoms with Gasteiger partial charge in [0.05, 0.1) is 18.8 Å². The van der Waals surface area contributed by atoms with Gasteiger partial charge >= 0.3 is 12.2 Å². The van der Waals surface area contributed by atoms with Crippen LogP contribution >= 0.6 is 0 Å². The summed E-state index contributed by atoms with van der Waals surface area (Å²) >= 11 is 0. The molecule has 1 fully saturated rings. The lowest BCUT2D eigenvalue weighted by Gasteiger charge is -2.45.